The van der Waals surface area contributed by atoms with E-state index in [1.165, 1.54) is 0 Å². The van der Waals surface area contributed by atoms with Crippen LogP contribution < -0.4 is 5.32 Å². The van der Waals surface area contributed by atoms with Crippen molar-refractivity contribution >= 4 is 11.6 Å². The number of ether oxygens (including phenoxy) is 1. The average molecular weight is 287 g/mol. The van der Waals surface area contributed by atoms with Crippen LogP contribution in [0.4, 0.5) is 5.69 Å². The fraction of sp³-hybridized carbons (Fsp3) is 0.625. The van der Waals surface area contributed by atoms with Gasteiger partial charge in [-0.25, -0.2) is 0 Å². The predicted molar refractivity (Wildman–Crippen MR) is 79.2 cm³/mol. The standard InChI is InChI=1S/C16H21N3O2/c20-15-16(14-13(18-15)2-1-7-17-14)5-3-12(4-6-16)19-8-10-21-11-9-19/h1-2,7,12H,3-6,8-11H2,(H,18,20). The van der Waals surface area contributed by atoms with E-state index in [0.29, 0.717) is 6.04 Å². The first-order valence-electron chi connectivity index (χ1n) is 7.88. The van der Waals surface area contributed by atoms with Crippen LogP contribution in [0.1, 0.15) is 31.4 Å². The van der Waals surface area contributed by atoms with Gasteiger partial charge in [-0.1, -0.05) is 0 Å². The SMILES string of the molecule is O=C1Nc2cccnc2C12CCC(N1CCOCC1)CC2. The van der Waals surface area contributed by atoms with Crippen molar-refractivity contribution in [3.8, 4) is 0 Å². The van der Waals surface area contributed by atoms with Crippen molar-refractivity contribution in [2.24, 2.45) is 0 Å². The van der Waals surface area contributed by atoms with E-state index in [4.69, 9.17) is 4.74 Å². The van der Waals surface area contributed by atoms with Gasteiger partial charge in [0.25, 0.3) is 0 Å². The summed E-state index contributed by atoms with van der Waals surface area (Å²) in [4.78, 5) is 19.5. The average Bonchev–Trinajstić information content (AvgIpc) is 2.82. The third kappa shape index (κ3) is 2.07. The second-order valence-corrected chi connectivity index (χ2v) is 6.32. The van der Waals surface area contributed by atoms with Crippen molar-refractivity contribution < 1.29 is 9.53 Å². The number of aromatic nitrogens is 1. The van der Waals surface area contributed by atoms with Crippen LogP contribution in [-0.2, 0) is 14.9 Å². The van der Waals surface area contributed by atoms with Gasteiger partial charge in [0.1, 0.15) is 0 Å². The molecule has 3 aliphatic rings. The fourth-order valence-corrected chi connectivity index (χ4v) is 4.10. The van der Waals surface area contributed by atoms with E-state index < -0.39 is 0 Å². The highest BCUT2D eigenvalue weighted by Crippen LogP contribution is 2.46. The lowest BCUT2D eigenvalue weighted by molar-refractivity contribution is -0.122. The van der Waals surface area contributed by atoms with Crippen LogP contribution in [0.15, 0.2) is 18.3 Å². The number of nitrogens with zero attached hydrogens (tertiary/aromatic N) is 2. The molecule has 1 amide bonds. The molecule has 1 spiro atoms. The van der Waals surface area contributed by atoms with Crippen LogP contribution in [0.2, 0.25) is 0 Å². The molecule has 1 N–H and O–H groups in total. The molecule has 5 nitrogen and oxygen atoms in total. The van der Waals surface area contributed by atoms with Gasteiger partial charge < -0.3 is 10.1 Å². The van der Waals surface area contributed by atoms with Crippen LogP contribution in [0.25, 0.3) is 0 Å². The monoisotopic (exact) mass is 287 g/mol. The summed E-state index contributed by atoms with van der Waals surface area (Å²) < 4.78 is 5.43. The third-order valence-electron chi connectivity index (χ3n) is 5.31. The Bertz CT molecular complexity index is 546. The minimum atomic E-state index is -0.376. The lowest BCUT2D eigenvalue weighted by Gasteiger charge is -2.41. The van der Waals surface area contributed by atoms with Crippen molar-refractivity contribution in [3.63, 3.8) is 0 Å². The van der Waals surface area contributed by atoms with Gasteiger partial charge in [0.15, 0.2) is 0 Å². The molecule has 5 heteroatoms. The smallest absolute Gasteiger partial charge is 0.236 e. The van der Waals surface area contributed by atoms with Gasteiger partial charge in [0.05, 0.1) is 30.0 Å². The van der Waals surface area contributed by atoms with Crippen molar-refractivity contribution in [2.75, 3.05) is 31.6 Å². The molecule has 1 aromatic rings. The summed E-state index contributed by atoms with van der Waals surface area (Å²) in [5.74, 6) is 0.150. The van der Waals surface area contributed by atoms with Crippen LogP contribution in [0, 0.1) is 0 Å². The van der Waals surface area contributed by atoms with Gasteiger partial charge in [0.2, 0.25) is 5.91 Å². The Hall–Kier alpha value is -1.46. The Balaban J connectivity index is 1.53. The minimum absolute atomic E-state index is 0.150. The number of hydrogen-bond donors (Lipinski definition) is 1. The Morgan fingerprint density at radius 2 is 2.05 bits per heavy atom. The summed E-state index contributed by atoms with van der Waals surface area (Å²) in [6.45, 7) is 3.73. The number of carbonyl (C=O) groups excluding carboxylic acids is 1. The lowest BCUT2D eigenvalue weighted by atomic mass is 9.70. The van der Waals surface area contributed by atoms with Gasteiger partial charge in [-0.2, -0.15) is 0 Å². The highest BCUT2D eigenvalue weighted by molar-refractivity contribution is 6.05. The number of anilines is 1. The second kappa shape index (κ2) is 5.07. The Kier molecular flexibility index (Phi) is 3.19. The zero-order valence-corrected chi connectivity index (χ0v) is 12.2. The summed E-state index contributed by atoms with van der Waals surface area (Å²) in [5.41, 5.74) is 1.50. The molecule has 112 valence electrons. The number of morpholine rings is 1. The molecule has 1 aliphatic carbocycles. The van der Waals surface area contributed by atoms with E-state index in [2.05, 4.69) is 15.2 Å². The van der Waals surface area contributed by atoms with E-state index in [9.17, 15) is 4.79 Å². The maximum Gasteiger partial charge on any atom is 0.236 e. The molecule has 4 rings (SSSR count). The molecule has 0 atom stereocenters. The summed E-state index contributed by atoms with van der Waals surface area (Å²) in [6.07, 6.45) is 5.76. The molecule has 3 heterocycles. The van der Waals surface area contributed by atoms with Crippen LogP contribution >= 0.6 is 0 Å². The summed E-state index contributed by atoms with van der Waals surface area (Å²) in [7, 11) is 0. The predicted octanol–water partition coefficient (Wildman–Crippen LogP) is 1.55. The van der Waals surface area contributed by atoms with Gasteiger partial charge >= 0.3 is 0 Å². The number of nitrogens with one attached hydrogen (secondary N) is 1. The number of fused-ring (bicyclic) bond motifs is 2. The molecule has 0 radical (unpaired) electrons. The summed E-state index contributed by atoms with van der Waals surface area (Å²) in [6, 6.07) is 4.45. The number of amides is 1. The van der Waals surface area contributed by atoms with Crippen molar-refractivity contribution in [3.05, 3.63) is 24.0 Å². The van der Waals surface area contributed by atoms with Crippen LogP contribution in [0.5, 0.6) is 0 Å². The molecule has 21 heavy (non-hydrogen) atoms. The van der Waals surface area contributed by atoms with Gasteiger partial charge in [-0.15, -0.1) is 0 Å². The van der Waals surface area contributed by atoms with E-state index >= 15 is 0 Å². The number of pyridine rings is 1. The molecule has 1 saturated heterocycles. The van der Waals surface area contributed by atoms with E-state index in [0.717, 1.165) is 63.4 Å². The Morgan fingerprint density at radius 3 is 2.81 bits per heavy atom. The number of rotatable bonds is 1. The maximum atomic E-state index is 12.5. The maximum absolute atomic E-state index is 12.5. The molecular weight excluding hydrogens is 266 g/mol. The number of carbonyl (C=O) groups is 1. The van der Waals surface area contributed by atoms with Gasteiger partial charge in [0, 0.05) is 25.3 Å². The Morgan fingerprint density at radius 1 is 1.29 bits per heavy atom. The zero-order chi connectivity index (χ0) is 14.3. The quantitative estimate of drug-likeness (QED) is 0.851. The normalized spacial score (nSPS) is 33.0. The van der Waals surface area contributed by atoms with Crippen molar-refractivity contribution in [1.82, 2.24) is 9.88 Å². The molecule has 1 saturated carbocycles. The molecular formula is C16H21N3O2. The first-order valence-corrected chi connectivity index (χ1v) is 7.88. The summed E-state index contributed by atoms with van der Waals surface area (Å²) in [5, 5.41) is 3.02. The second-order valence-electron chi connectivity index (χ2n) is 6.32. The lowest BCUT2D eigenvalue weighted by Crippen LogP contribution is -2.48. The molecule has 1 aromatic heterocycles. The zero-order valence-electron chi connectivity index (χ0n) is 12.2. The number of hydrogen-bond acceptors (Lipinski definition) is 4. The largest absolute Gasteiger partial charge is 0.379 e. The van der Waals surface area contributed by atoms with Crippen LogP contribution in [0.3, 0.4) is 0 Å². The third-order valence-corrected chi connectivity index (χ3v) is 5.31. The molecule has 0 unspecified atom stereocenters. The van der Waals surface area contributed by atoms with E-state index in [-0.39, 0.29) is 11.3 Å². The molecule has 2 fully saturated rings. The topological polar surface area (TPSA) is 54.5 Å². The van der Waals surface area contributed by atoms with Crippen LogP contribution in [-0.4, -0.2) is 48.1 Å². The highest BCUT2D eigenvalue weighted by atomic mass is 16.5. The van der Waals surface area contributed by atoms with Crippen molar-refractivity contribution in [2.45, 2.75) is 37.1 Å². The molecule has 0 bridgehead atoms. The molecule has 0 aromatic carbocycles. The highest BCUT2D eigenvalue weighted by Gasteiger charge is 2.50. The fourth-order valence-electron chi connectivity index (χ4n) is 4.10. The van der Waals surface area contributed by atoms with Gasteiger partial charge in [-0.05, 0) is 37.8 Å². The van der Waals surface area contributed by atoms with Crippen molar-refractivity contribution in [1.29, 1.82) is 0 Å². The first-order chi connectivity index (χ1) is 10.3. The van der Waals surface area contributed by atoms with E-state index in [1.54, 1.807) is 6.20 Å². The first kappa shape index (κ1) is 13.2. The Labute approximate surface area is 124 Å². The molecule has 2 aliphatic heterocycles. The van der Waals surface area contributed by atoms with E-state index in [1.807, 2.05) is 12.1 Å². The summed E-state index contributed by atoms with van der Waals surface area (Å²) >= 11 is 0. The minimum Gasteiger partial charge on any atom is -0.379 e. The van der Waals surface area contributed by atoms with Gasteiger partial charge in [-0.3, -0.25) is 14.7 Å².